The van der Waals surface area contributed by atoms with Gasteiger partial charge in [-0.1, -0.05) is 6.07 Å². The predicted molar refractivity (Wildman–Crippen MR) is 94.1 cm³/mol. The summed E-state index contributed by atoms with van der Waals surface area (Å²) >= 11 is 0. The summed E-state index contributed by atoms with van der Waals surface area (Å²) in [6.07, 6.45) is 0. The van der Waals surface area contributed by atoms with Crippen molar-refractivity contribution >= 4 is 11.8 Å². The van der Waals surface area contributed by atoms with Gasteiger partial charge in [-0.3, -0.25) is 9.59 Å². The first-order valence-electron chi connectivity index (χ1n) is 8.34. The van der Waals surface area contributed by atoms with Gasteiger partial charge in [-0.2, -0.15) is 5.26 Å². The lowest BCUT2D eigenvalue weighted by molar-refractivity contribution is 0.0535. The highest BCUT2D eigenvalue weighted by atomic mass is 19.1. The number of rotatable bonds is 2. The van der Waals surface area contributed by atoms with Crippen molar-refractivity contribution in [2.24, 2.45) is 0 Å². The molecule has 3 rings (SSSR count). The van der Waals surface area contributed by atoms with E-state index in [9.17, 15) is 14.0 Å². The number of carbonyl (C=O) groups excluding carboxylic acids is 2. The zero-order valence-corrected chi connectivity index (χ0v) is 14.4. The minimum atomic E-state index is -0.337. The van der Waals surface area contributed by atoms with Gasteiger partial charge in [0.1, 0.15) is 5.82 Å². The third kappa shape index (κ3) is 3.57. The number of nitriles is 1. The zero-order valence-electron chi connectivity index (χ0n) is 14.4. The van der Waals surface area contributed by atoms with Gasteiger partial charge >= 0.3 is 0 Å². The number of aryl methyl sites for hydroxylation is 1. The van der Waals surface area contributed by atoms with E-state index in [0.29, 0.717) is 48.4 Å². The SMILES string of the molecule is Cc1cc(C(=O)N2CCN(C(=O)c3cccc(C#N)c3)CC2)ccc1F. The van der Waals surface area contributed by atoms with Crippen molar-refractivity contribution in [2.75, 3.05) is 26.2 Å². The van der Waals surface area contributed by atoms with Crippen LogP contribution in [-0.4, -0.2) is 47.8 Å². The number of amides is 2. The van der Waals surface area contributed by atoms with E-state index in [1.165, 1.54) is 12.1 Å². The molecule has 0 bridgehead atoms. The first-order chi connectivity index (χ1) is 12.5. The largest absolute Gasteiger partial charge is 0.335 e. The summed E-state index contributed by atoms with van der Waals surface area (Å²) in [7, 11) is 0. The van der Waals surface area contributed by atoms with Crippen LogP contribution in [0.5, 0.6) is 0 Å². The van der Waals surface area contributed by atoms with Gasteiger partial charge in [-0.25, -0.2) is 4.39 Å². The van der Waals surface area contributed by atoms with Crippen molar-refractivity contribution in [3.8, 4) is 6.07 Å². The monoisotopic (exact) mass is 351 g/mol. The van der Waals surface area contributed by atoms with E-state index in [1.807, 2.05) is 6.07 Å². The van der Waals surface area contributed by atoms with Crippen LogP contribution >= 0.6 is 0 Å². The van der Waals surface area contributed by atoms with Crippen molar-refractivity contribution in [1.82, 2.24) is 9.80 Å². The van der Waals surface area contributed by atoms with Crippen LogP contribution < -0.4 is 0 Å². The third-order valence-corrected chi connectivity index (χ3v) is 4.50. The molecule has 2 aromatic carbocycles. The molecule has 1 saturated heterocycles. The second-order valence-electron chi connectivity index (χ2n) is 6.24. The maximum Gasteiger partial charge on any atom is 0.254 e. The maximum absolute atomic E-state index is 13.4. The first kappa shape index (κ1) is 17.6. The van der Waals surface area contributed by atoms with Crippen LogP contribution in [0.1, 0.15) is 31.8 Å². The normalized spacial score (nSPS) is 14.0. The number of halogens is 1. The van der Waals surface area contributed by atoms with E-state index in [0.717, 1.165) is 0 Å². The number of hydrogen-bond donors (Lipinski definition) is 0. The van der Waals surface area contributed by atoms with Gasteiger partial charge in [0.2, 0.25) is 0 Å². The number of piperazine rings is 1. The molecule has 1 aliphatic heterocycles. The maximum atomic E-state index is 13.4. The van der Waals surface area contributed by atoms with Crippen LogP contribution in [0.2, 0.25) is 0 Å². The van der Waals surface area contributed by atoms with E-state index >= 15 is 0 Å². The summed E-state index contributed by atoms with van der Waals surface area (Å²) in [6, 6.07) is 12.9. The Bertz CT molecular complexity index is 896. The molecule has 5 nitrogen and oxygen atoms in total. The predicted octanol–water partition coefficient (Wildman–Crippen LogP) is 2.60. The molecule has 0 atom stereocenters. The van der Waals surface area contributed by atoms with Gasteiger partial charge in [0.05, 0.1) is 11.6 Å². The van der Waals surface area contributed by atoms with Crippen LogP contribution in [-0.2, 0) is 0 Å². The van der Waals surface area contributed by atoms with E-state index < -0.39 is 0 Å². The Hall–Kier alpha value is -3.20. The van der Waals surface area contributed by atoms with Crippen LogP contribution in [0, 0.1) is 24.1 Å². The molecule has 2 amide bonds. The van der Waals surface area contributed by atoms with Crippen molar-refractivity contribution in [2.45, 2.75) is 6.92 Å². The lowest BCUT2D eigenvalue weighted by Crippen LogP contribution is -2.50. The smallest absolute Gasteiger partial charge is 0.254 e. The Morgan fingerprint density at radius 2 is 1.54 bits per heavy atom. The Morgan fingerprint density at radius 1 is 0.962 bits per heavy atom. The van der Waals surface area contributed by atoms with Crippen LogP contribution in [0.25, 0.3) is 0 Å². The molecular weight excluding hydrogens is 333 g/mol. The molecule has 132 valence electrons. The molecule has 0 unspecified atom stereocenters. The number of nitrogens with zero attached hydrogens (tertiary/aromatic N) is 3. The van der Waals surface area contributed by atoms with Crippen molar-refractivity contribution < 1.29 is 14.0 Å². The molecule has 0 radical (unpaired) electrons. The zero-order chi connectivity index (χ0) is 18.7. The van der Waals surface area contributed by atoms with E-state index in [1.54, 1.807) is 47.1 Å². The molecular formula is C20H18FN3O2. The Morgan fingerprint density at radius 3 is 2.08 bits per heavy atom. The molecule has 26 heavy (non-hydrogen) atoms. The minimum Gasteiger partial charge on any atom is -0.335 e. The molecule has 0 saturated carbocycles. The second kappa shape index (κ2) is 7.36. The molecule has 0 N–H and O–H groups in total. The minimum absolute atomic E-state index is 0.146. The fourth-order valence-electron chi connectivity index (χ4n) is 2.98. The molecule has 2 aromatic rings. The molecule has 0 spiro atoms. The molecule has 6 heteroatoms. The third-order valence-electron chi connectivity index (χ3n) is 4.50. The Kier molecular flexibility index (Phi) is 4.99. The van der Waals surface area contributed by atoms with Crippen molar-refractivity contribution in [1.29, 1.82) is 5.26 Å². The van der Waals surface area contributed by atoms with Gasteiger partial charge in [0.15, 0.2) is 0 Å². The second-order valence-corrected chi connectivity index (χ2v) is 6.24. The summed E-state index contributed by atoms with van der Waals surface area (Å²) in [5.74, 6) is -0.643. The van der Waals surface area contributed by atoms with Crippen LogP contribution in [0.4, 0.5) is 4.39 Å². The molecule has 0 aromatic heterocycles. The van der Waals surface area contributed by atoms with E-state index in [4.69, 9.17) is 5.26 Å². The first-order valence-corrected chi connectivity index (χ1v) is 8.34. The average Bonchev–Trinajstić information content (AvgIpc) is 2.69. The quantitative estimate of drug-likeness (QED) is 0.835. The highest BCUT2D eigenvalue weighted by Gasteiger charge is 2.25. The Labute approximate surface area is 151 Å². The summed E-state index contributed by atoms with van der Waals surface area (Å²) in [6.45, 7) is 3.29. The van der Waals surface area contributed by atoms with Gasteiger partial charge < -0.3 is 9.80 Å². The van der Waals surface area contributed by atoms with Crippen molar-refractivity contribution in [3.05, 3.63) is 70.5 Å². The molecule has 0 aliphatic carbocycles. The summed E-state index contributed by atoms with van der Waals surface area (Å²) in [5.41, 5.74) is 1.79. The Balaban J connectivity index is 1.65. The lowest BCUT2D eigenvalue weighted by Gasteiger charge is -2.35. The van der Waals surface area contributed by atoms with Gasteiger partial charge in [-0.05, 0) is 48.9 Å². The number of benzene rings is 2. The van der Waals surface area contributed by atoms with E-state index in [-0.39, 0.29) is 17.6 Å². The molecule has 1 aliphatic rings. The molecule has 1 heterocycles. The highest BCUT2D eigenvalue weighted by molar-refractivity contribution is 5.96. The summed E-state index contributed by atoms with van der Waals surface area (Å²) in [5, 5.41) is 8.95. The van der Waals surface area contributed by atoms with Crippen LogP contribution in [0.3, 0.4) is 0 Å². The van der Waals surface area contributed by atoms with E-state index in [2.05, 4.69) is 0 Å². The standard InChI is InChI=1S/C20H18FN3O2/c1-14-11-17(5-6-18(14)21)20(26)24-9-7-23(8-10-24)19(25)16-4-2-3-15(12-16)13-22/h2-6,11-12H,7-10H2,1H3. The summed E-state index contributed by atoms with van der Waals surface area (Å²) < 4.78 is 13.4. The van der Waals surface area contributed by atoms with Gasteiger partial charge in [0.25, 0.3) is 11.8 Å². The lowest BCUT2D eigenvalue weighted by atomic mass is 10.1. The average molecular weight is 351 g/mol. The molecule has 1 fully saturated rings. The number of carbonyl (C=O) groups is 2. The fourth-order valence-corrected chi connectivity index (χ4v) is 2.98. The van der Waals surface area contributed by atoms with Crippen molar-refractivity contribution in [3.63, 3.8) is 0 Å². The highest BCUT2D eigenvalue weighted by Crippen LogP contribution is 2.15. The number of hydrogen-bond acceptors (Lipinski definition) is 3. The summed E-state index contributed by atoms with van der Waals surface area (Å²) in [4.78, 5) is 28.5. The van der Waals surface area contributed by atoms with Gasteiger partial charge in [-0.15, -0.1) is 0 Å². The fraction of sp³-hybridized carbons (Fsp3) is 0.250. The van der Waals surface area contributed by atoms with Gasteiger partial charge in [0, 0.05) is 37.3 Å². The topological polar surface area (TPSA) is 64.4 Å². The van der Waals surface area contributed by atoms with Crippen LogP contribution in [0.15, 0.2) is 42.5 Å².